The SMILES string of the molecule is CC(CN)N(c1cccnc1)C1COC1. The van der Waals surface area contributed by atoms with Crippen LogP contribution in [0.3, 0.4) is 0 Å². The molecule has 1 aromatic rings. The van der Waals surface area contributed by atoms with Crippen LogP contribution < -0.4 is 10.6 Å². The van der Waals surface area contributed by atoms with Crippen molar-refractivity contribution in [3.8, 4) is 0 Å². The first-order chi connectivity index (χ1) is 7.33. The largest absolute Gasteiger partial charge is 0.377 e. The molecule has 0 saturated carbocycles. The van der Waals surface area contributed by atoms with Crippen molar-refractivity contribution < 1.29 is 4.74 Å². The highest BCUT2D eigenvalue weighted by atomic mass is 16.5. The Morgan fingerprint density at radius 3 is 2.93 bits per heavy atom. The first-order valence-electron chi connectivity index (χ1n) is 5.29. The number of hydrogen-bond acceptors (Lipinski definition) is 4. The molecule has 2 rings (SSSR count). The Labute approximate surface area is 90.0 Å². The van der Waals surface area contributed by atoms with Gasteiger partial charge >= 0.3 is 0 Å². The minimum Gasteiger partial charge on any atom is -0.377 e. The minimum absolute atomic E-state index is 0.322. The van der Waals surface area contributed by atoms with Crippen LogP contribution in [-0.4, -0.2) is 36.8 Å². The van der Waals surface area contributed by atoms with Crippen LogP contribution in [0.1, 0.15) is 6.92 Å². The highest BCUT2D eigenvalue weighted by Crippen LogP contribution is 2.22. The Hall–Kier alpha value is -1.13. The van der Waals surface area contributed by atoms with E-state index in [2.05, 4.69) is 22.9 Å². The summed E-state index contributed by atoms with van der Waals surface area (Å²) in [6, 6.07) is 4.79. The summed E-state index contributed by atoms with van der Waals surface area (Å²) in [5, 5.41) is 0. The smallest absolute Gasteiger partial charge is 0.0761 e. The van der Waals surface area contributed by atoms with Crippen LogP contribution in [0.4, 0.5) is 5.69 Å². The lowest BCUT2D eigenvalue weighted by atomic mass is 10.1. The van der Waals surface area contributed by atoms with Gasteiger partial charge in [-0.1, -0.05) is 0 Å². The van der Waals surface area contributed by atoms with Crippen LogP contribution in [0, 0.1) is 0 Å². The summed E-state index contributed by atoms with van der Waals surface area (Å²) in [4.78, 5) is 6.44. The Morgan fingerprint density at radius 1 is 1.67 bits per heavy atom. The van der Waals surface area contributed by atoms with E-state index >= 15 is 0 Å². The van der Waals surface area contributed by atoms with Crippen molar-refractivity contribution in [3.63, 3.8) is 0 Å². The average Bonchev–Trinajstić information content (AvgIpc) is 2.23. The lowest BCUT2D eigenvalue weighted by Gasteiger charge is -2.42. The summed E-state index contributed by atoms with van der Waals surface area (Å²) in [6.07, 6.45) is 3.66. The van der Waals surface area contributed by atoms with E-state index in [9.17, 15) is 0 Å². The van der Waals surface area contributed by atoms with Gasteiger partial charge in [-0.3, -0.25) is 4.98 Å². The predicted molar refractivity (Wildman–Crippen MR) is 59.8 cm³/mol. The van der Waals surface area contributed by atoms with Gasteiger partial charge in [-0.25, -0.2) is 0 Å². The molecule has 2 heterocycles. The molecule has 2 N–H and O–H groups in total. The number of ether oxygens (including phenoxy) is 1. The van der Waals surface area contributed by atoms with E-state index in [1.54, 1.807) is 6.20 Å². The molecule has 1 fully saturated rings. The van der Waals surface area contributed by atoms with Crippen molar-refractivity contribution in [1.82, 2.24) is 4.98 Å². The number of nitrogens with two attached hydrogens (primary N) is 1. The summed E-state index contributed by atoms with van der Waals surface area (Å²) in [7, 11) is 0. The van der Waals surface area contributed by atoms with Crippen molar-refractivity contribution in [2.24, 2.45) is 5.73 Å². The van der Waals surface area contributed by atoms with Gasteiger partial charge in [-0.15, -0.1) is 0 Å². The van der Waals surface area contributed by atoms with E-state index in [4.69, 9.17) is 10.5 Å². The Morgan fingerprint density at radius 2 is 2.47 bits per heavy atom. The fourth-order valence-corrected chi connectivity index (χ4v) is 1.83. The van der Waals surface area contributed by atoms with Gasteiger partial charge in [0.15, 0.2) is 0 Å². The first kappa shape index (κ1) is 10.4. The number of aromatic nitrogens is 1. The van der Waals surface area contributed by atoms with Gasteiger partial charge in [0, 0.05) is 18.8 Å². The van der Waals surface area contributed by atoms with Gasteiger partial charge < -0.3 is 15.4 Å². The molecule has 1 saturated heterocycles. The maximum Gasteiger partial charge on any atom is 0.0761 e. The average molecular weight is 207 g/mol. The van der Waals surface area contributed by atoms with Gasteiger partial charge in [-0.2, -0.15) is 0 Å². The lowest BCUT2D eigenvalue weighted by molar-refractivity contribution is 0.00549. The molecule has 0 radical (unpaired) electrons. The zero-order chi connectivity index (χ0) is 10.7. The van der Waals surface area contributed by atoms with Gasteiger partial charge in [0.05, 0.1) is 31.1 Å². The summed E-state index contributed by atoms with van der Waals surface area (Å²) in [5.41, 5.74) is 6.85. The predicted octanol–water partition coefficient (Wildman–Crippen LogP) is 0.634. The zero-order valence-electron chi connectivity index (χ0n) is 8.97. The van der Waals surface area contributed by atoms with Gasteiger partial charge in [0.25, 0.3) is 0 Å². The molecule has 0 spiro atoms. The first-order valence-corrected chi connectivity index (χ1v) is 5.29. The summed E-state index contributed by atoms with van der Waals surface area (Å²) < 4.78 is 5.23. The van der Waals surface area contributed by atoms with Gasteiger partial charge in [0.2, 0.25) is 0 Å². The van der Waals surface area contributed by atoms with E-state index in [0.717, 1.165) is 18.9 Å². The van der Waals surface area contributed by atoms with Crippen LogP contribution in [0.2, 0.25) is 0 Å². The third kappa shape index (κ3) is 2.11. The van der Waals surface area contributed by atoms with Crippen molar-refractivity contribution in [3.05, 3.63) is 24.5 Å². The maximum absolute atomic E-state index is 5.72. The molecule has 15 heavy (non-hydrogen) atoms. The molecule has 0 amide bonds. The number of hydrogen-bond donors (Lipinski definition) is 1. The lowest BCUT2D eigenvalue weighted by Crippen LogP contribution is -2.54. The van der Waals surface area contributed by atoms with Crippen LogP contribution in [0.25, 0.3) is 0 Å². The molecule has 0 aromatic carbocycles. The van der Waals surface area contributed by atoms with E-state index in [-0.39, 0.29) is 0 Å². The maximum atomic E-state index is 5.72. The van der Waals surface area contributed by atoms with Crippen LogP contribution >= 0.6 is 0 Å². The molecule has 1 aromatic heterocycles. The van der Waals surface area contributed by atoms with Crippen molar-refractivity contribution in [2.75, 3.05) is 24.7 Å². The van der Waals surface area contributed by atoms with E-state index in [1.165, 1.54) is 0 Å². The molecule has 1 aliphatic rings. The highest BCUT2D eigenvalue weighted by Gasteiger charge is 2.29. The molecule has 4 nitrogen and oxygen atoms in total. The monoisotopic (exact) mass is 207 g/mol. The molecular weight excluding hydrogens is 190 g/mol. The number of anilines is 1. The van der Waals surface area contributed by atoms with E-state index < -0.39 is 0 Å². The van der Waals surface area contributed by atoms with Crippen LogP contribution in [0.5, 0.6) is 0 Å². The molecule has 0 bridgehead atoms. The second kappa shape index (κ2) is 4.59. The number of nitrogens with zero attached hydrogens (tertiary/aromatic N) is 2. The van der Waals surface area contributed by atoms with Gasteiger partial charge in [0.1, 0.15) is 0 Å². The second-order valence-electron chi connectivity index (χ2n) is 3.89. The molecule has 1 unspecified atom stereocenters. The molecular formula is C11H17N3O. The van der Waals surface area contributed by atoms with E-state index in [0.29, 0.717) is 18.6 Å². The van der Waals surface area contributed by atoms with Crippen molar-refractivity contribution >= 4 is 5.69 Å². The molecule has 0 aliphatic carbocycles. The number of rotatable bonds is 4. The molecule has 1 atom stereocenters. The second-order valence-corrected chi connectivity index (χ2v) is 3.89. The fourth-order valence-electron chi connectivity index (χ4n) is 1.83. The summed E-state index contributed by atoms with van der Waals surface area (Å²) in [5.74, 6) is 0. The number of pyridine rings is 1. The zero-order valence-corrected chi connectivity index (χ0v) is 8.97. The van der Waals surface area contributed by atoms with Gasteiger partial charge in [-0.05, 0) is 19.1 Å². The quantitative estimate of drug-likeness (QED) is 0.787. The molecule has 1 aliphatic heterocycles. The summed E-state index contributed by atoms with van der Waals surface area (Å²) in [6.45, 7) is 4.36. The Bertz CT molecular complexity index is 295. The Kier molecular flexibility index (Phi) is 3.18. The fraction of sp³-hybridized carbons (Fsp3) is 0.545. The van der Waals surface area contributed by atoms with Crippen LogP contribution in [-0.2, 0) is 4.74 Å². The highest BCUT2D eigenvalue weighted by molar-refractivity contribution is 5.46. The standard InChI is InChI=1S/C11H17N3O/c1-9(5-12)14(11-7-15-8-11)10-3-2-4-13-6-10/h2-4,6,9,11H,5,7-8,12H2,1H3. The van der Waals surface area contributed by atoms with Crippen molar-refractivity contribution in [2.45, 2.75) is 19.0 Å². The molecule has 82 valence electrons. The molecule has 4 heteroatoms. The van der Waals surface area contributed by atoms with Crippen molar-refractivity contribution in [1.29, 1.82) is 0 Å². The Balaban J connectivity index is 2.18. The van der Waals surface area contributed by atoms with Crippen LogP contribution in [0.15, 0.2) is 24.5 Å². The third-order valence-corrected chi connectivity index (χ3v) is 2.77. The minimum atomic E-state index is 0.322. The normalized spacial score (nSPS) is 18.3. The van der Waals surface area contributed by atoms with E-state index in [1.807, 2.05) is 12.3 Å². The topological polar surface area (TPSA) is 51.4 Å². The third-order valence-electron chi connectivity index (χ3n) is 2.77. The summed E-state index contributed by atoms with van der Waals surface area (Å²) >= 11 is 0.